The monoisotopic (exact) mass is 395 g/mol. The van der Waals surface area contributed by atoms with E-state index in [0.29, 0.717) is 24.4 Å². The van der Waals surface area contributed by atoms with Crippen LogP contribution in [-0.2, 0) is 11.3 Å². The van der Waals surface area contributed by atoms with Gasteiger partial charge in [-0.2, -0.15) is 5.10 Å². The number of hydrogen-bond donors (Lipinski definition) is 1. The Morgan fingerprint density at radius 3 is 2.75 bits per heavy atom. The van der Waals surface area contributed by atoms with Crippen LogP contribution < -0.4 is 5.32 Å². The predicted molar refractivity (Wildman–Crippen MR) is 107 cm³/mol. The number of likely N-dealkylation sites (tertiary alicyclic amines) is 1. The minimum absolute atomic E-state index is 0.0574. The van der Waals surface area contributed by atoms with Crippen molar-refractivity contribution in [1.82, 2.24) is 19.7 Å². The quantitative estimate of drug-likeness (QED) is 0.720. The lowest BCUT2D eigenvalue weighted by atomic mass is 10.0. The van der Waals surface area contributed by atoms with E-state index < -0.39 is 6.04 Å². The molecule has 1 saturated heterocycles. The molecule has 1 fully saturated rings. The number of anilines is 1. The first-order chi connectivity index (χ1) is 13.7. The van der Waals surface area contributed by atoms with E-state index in [9.17, 15) is 9.59 Å². The number of thiophene rings is 1. The molecule has 144 valence electrons. The molecule has 7 nitrogen and oxygen atoms in total. The van der Waals surface area contributed by atoms with Gasteiger partial charge in [-0.1, -0.05) is 18.2 Å². The lowest BCUT2D eigenvalue weighted by Crippen LogP contribution is -2.49. The van der Waals surface area contributed by atoms with Gasteiger partial charge in [0.1, 0.15) is 18.7 Å². The van der Waals surface area contributed by atoms with Crippen LogP contribution in [0.5, 0.6) is 0 Å². The van der Waals surface area contributed by atoms with Crippen LogP contribution in [0.25, 0.3) is 0 Å². The van der Waals surface area contributed by atoms with Crippen molar-refractivity contribution in [2.45, 2.75) is 31.8 Å². The number of aromatic nitrogens is 3. The fraction of sp³-hybridized carbons (Fsp3) is 0.300. The second-order valence-electron chi connectivity index (χ2n) is 6.77. The smallest absolute Gasteiger partial charge is 0.264 e. The molecule has 3 heterocycles. The number of carbonyl (C=O) groups is 2. The summed E-state index contributed by atoms with van der Waals surface area (Å²) in [4.78, 5) is 32.0. The molecule has 2 aromatic heterocycles. The van der Waals surface area contributed by atoms with Crippen molar-refractivity contribution in [1.29, 1.82) is 0 Å². The van der Waals surface area contributed by atoms with E-state index in [-0.39, 0.29) is 11.8 Å². The van der Waals surface area contributed by atoms with Crippen molar-refractivity contribution in [3.63, 3.8) is 0 Å². The number of nitrogens with one attached hydrogen (secondary N) is 1. The summed E-state index contributed by atoms with van der Waals surface area (Å²) in [5.74, 6) is -0.188. The van der Waals surface area contributed by atoms with Crippen molar-refractivity contribution >= 4 is 28.8 Å². The molecule has 1 N–H and O–H groups in total. The average molecular weight is 395 g/mol. The van der Waals surface area contributed by atoms with E-state index in [1.807, 2.05) is 41.8 Å². The van der Waals surface area contributed by atoms with Crippen molar-refractivity contribution in [3.8, 4) is 0 Å². The Bertz CT molecular complexity index is 922. The third-order valence-electron chi connectivity index (χ3n) is 4.83. The molecule has 1 atom stereocenters. The molecular formula is C20H21N5O2S. The van der Waals surface area contributed by atoms with Crippen LogP contribution in [-0.4, -0.2) is 44.1 Å². The number of amides is 2. The molecule has 0 radical (unpaired) electrons. The lowest BCUT2D eigenvalue weighted by molar-refractivity contribution is -0.121. The van der Waals surface area contributed by atoms with Crippen LogP contribution in [0, 0.1) is 0 Å². The molecule has 2 amide bonds. The minimum Gasteiger partial charge on any atom is -0.326 e. The molecule has 8 heteroatoms. The fourth-order valence-corrected chi connectivity index (χ4v) is 4.09. The van der Waals surface area contributed by atoms with E-state index in [1.165, 1.54) is 17.7 Å². The van der Waals surface area contributed by atoms with Gasteiger partial charge in [-0.25, -0.2) is 9.67 Å². The Balaban J connectivity index is 1.42. The summed E-state index contributed by atoms with van der Waals surface area (Å²) in [7, 11) is 0. The van der Waals surface area contributed by atoms with Gasteiger partial charge in [0.05, 0.1) is 11.4 Å². The average Bonchev–Trinajstić information content (AvgIpc) is 3.43. The largest absolute Gasteiger partial charge is 0.326 e. The van der Waals surface area contributed by atoms with Gasteiger partial charge in [-0.05, 0) is 48.4 Å². The predicted octanol–water partition coefficient (Wildman–Crippen LogP) is 3.02. The maximum absolute atomic E-state index is 12.9. The maximum Gasteiger partial charge on any atom is 0.264 e. The second kappa shape index (κ2) is 8.35. The van der Waals surface area contributed by atoms with E-state index in [4.69, 9.17) is 0 Å². The Kier molecular flexibility index (Phi) is 5.48. The first kappa shape index (κ1) is 18.4. The molecule has 28 heavy (non-hydrogen) atoms. The summed E-state index contributed by atoms with van der Waals surface area (Å²) in [6.07, 6.45) is 5.73. The molecule has 0 saturated carbocycles. The highest BCUT2D eigenvalue weighted by Crippen LogP contribution is 2.23. The normalized spacial score (nSPS) is 16.7. The molecule has 1 aliphatic rings. The molecule has 1 aromatic carbocycles. The van der Waals surface area contributed by atoms with Gasteiger partial charge in [-0.15, -0.1) is 11.3 Å². The molecule has 0 bridgehead atoms. The van der Waals surface area contributed by atoms with Crippen molar-refractivity contribution in [2.24, 2.45) is 0 Å². The Morgan fingerprint density at radius 1 is 1.18 bits per heavy atom. The number of carbonyl (C=O) groups excluding carboxylic acids is 2. The van der Waals surface area contributed by atoms with Gasteiger partial charge in [0, 0.05) is 12.2 Å². The molecule has 1 aliphatic heterocycles. The van der Waals surface area contributed by atoms with Crippen LogP contribution in [0.15, 0.2) is 54.4 Å². The Labute approximate surface area is 167 Å². The third kappa shape index (κ3) is 4.12. The number of benzene rings is 1. The zero-order chi connectivity index (χ0) is 19.3. The Hall–Kier alpha value is -3.00. The third-order valence-corrected chi connectivity index (χ3v) is 5.69. The van der Waals surface area contributed by atoms with Gasteiger partial charge < -0.3 is 10.2 Å². The molecule has 3 aromatic rings. The summed E-state index contributed by atoms with van der Waals surface area (Å²) in [5.41, 5.74) is 1.79. The fourth-order valence-electron chi connectivity index (χ4n) is 3.41. The van der Waals surface area contributed by atoms with E-state index >= 15 is 0 Å². The number of rotatable bonds is 5. The van der Waals surface area contributed by atoms with Crippen LogP contribution >= 0.6 is 11.3 Å². The van der Waals surface area contributed by atoms with E-state index in [1.54, 1.807) is 15.9 Å². The number of hydrogen-bond acceptors (Lipinski definition) is 5. The zero-order valence-electron chi connectivity index (χ0n) is 15.3. The highest BCUT2D eigenvalue weighted by atomic mass is 32.1. The van der Waals surface area contributed by atoms with Gasteiger partial charge in [0.15, 0.2) is 0 Å². The van der Waals surface area contributed by atoms with Gasteiger partial charge in [0.25, 0.3) is 5.91 Å². The maximum atomic E-state index is 12.9. The minimum atomic E-state index is -0.432. The highest BCUT2D eigenvalue weighted by Gasteiger charge is 2.33. The summed E-state index contributed by atoms with van der Waals surface area (Å²) in [6, 6.07) is 10.9. The lowest BCUT2D eigenvalue weighted by Gasteiger charge is -2.34. The summed E-state index contributed by atoms with van der Waals surface area (Å²) < 4.78 is 1.74. The van der Waals surface area contributed by atoms with Crippen molar-refractivity contribution in [2.75, 3.05) is 11.9 Å². The van der Waals surface area contributed by atoms with E-state index in [2.05, 4.69) is 15.4 Å². The summed E-state index contributed by atoms with van der Waals surface area (Å²) in [5, 5.41) is 8.93. The van der Waals surface area contributed by atoms with Crippen molar-refractivity contribution in [3.05, 3.63) is 64.9 Å². The Morgan fingerprint density at radius 2 is 2.04 bits per heavy atom. The number of piperidine rings is 1. The van der Waals surface area contributed by atoms with Gasteiger partial charge in [0.2, 0.25) is 5.91 Å². The topological polar surface area (TPSA) is 80.1 Å². The molecule has 1 unspecified atom stereocenters. The molecule has 0 aliphatic carbocycles. The second-order valence-corrected chi connectivity index (χ2v) is 7.71. The highest BCUT2D eigenvalue weighted by molar-refractivity contribution is 7.12. The standard InChI is InChI=1S/C20H21N5O2S/c26-19(17-4-1-2-10-25(17)20(27)18-5-3-11-28-18)23-16-8-6-15(7-9-16)12-24-14-21-13-22-24/h3,5-9,11,13-14,17H,1-2,4,10,12H2,(H,23,26). The van der Waals surface area contributed by atoms with E-state index in [0.717, 1.165) is 24.1 Å². The van der Waals surface area contributed by atoms with Crippen LogP contribution in [0.3, 0.4) is 0 Å². The molecular weight excluding hydrogens is 374 g/mol. The van der Waals surface area contributed by atoms with Crippen LogP contribution in [0.4, 0.5) is 5.69 Å². The van der Waals surface area contributed by atoms with Gasteiger partial charge in [-0.3, -0.25) is 9.59 Å². The summed E-state index contributed by atoms with van der Waals surface area (Å²) >= 11 is 1.41. The van der Waals surface area contributed by atoms with Crippen LogP contribution in [0.2, 0.25) is 0 Å². The zero-order valence-corrected chi connectivity index (χ0v) is 16.1. The first-order valence-electron chi connectivity index (χ1n) is 9.27. The molecule has 4 rings (SSSR count). The SMILES string of the molecule is O=C(Nc1ccc(Cn2cncn2)cc1)C1CCCCN1C(=O)c1cccs1. The first-order valence-corrected chi connectivity index (χ1v) is 10.2. The molecule has 0 spiro atoms. The summed E-state index contributed by atoms with van der Waals surface area (Å²) in [6.45, 7) is 1.24. The van der Waals surface area contributed by atoms with Crippen LogP contribution in [0.1, 0.15) is 34.5 Å². The number of nitrogens with zero attached hydrogens (tertiary/aromatic N) is 4. The van der Waals surface area contributed by atoms with Gasteiger partial charge >= 0.3 is 0 Å². The van der Waals surface area contributed by atoms with Crippen molar-refractivity contribution < 1.29 is 9.59 Å².